The predicted octanol–water partition coefficient (Wildman–Crippen LogP) is 5.71. The number of nitrogens with one attached hydrogen (secondary N) is 2. The van der Waals surface area contributed by atoms with E-state index in [2.05, 4.69) is 15.6 Å². The molecular formula is C23H17F3N4O2S. The fourth-order valence-electron chi connectivity index (χ4n) is 3.15. The Morgan fingerprint density at radius 3 is 2.42 bits per heavy atom. The van der Waals surface area contributed by atoms with Crippen molar-refractivity contribution in [2.75, 3.05) is 16.4 Å². The lowest BCUT2D eigenvalue weighted by Gasteiger charge is -2.13. The van der Waals surface area contributed by atoms with E-state index in [1.807, 2.05) is 0 Å². The third-order valence-electron chi connectivity index (χ3n) is 4.86. The minimum atomic E-state index is -4.55. The zero-order valence-corrected chi connectivity index (χ0v) is 18.0. The fraction of sp³-hybridized carbons (Fsp3) is 0.0870. The van der Waals surface area contributed by atoms with E-state index in [0.29, 0.717) is 27.6 Å². The molecule has 2 amide bonds. The van der Waals surface area contributed by atoms with Gasteiger partial charge in [0.25, 0.3) is 11.8 Å². The summed E-state index contributed by atoms with van der Waals surface area (Å²) in [6.45, 7) is 1.78. The number of hydrogen-bond donors (Lipinski definition) is 3. The van der Waals surface area contributed by atoms with E-state index in [9.17, 15) is 22.8 Å². The molecule has 33 heavy (non-hydrogen) atoms. The molecule has 0 aliphatic carbocycles. The van der Waals surface area contributed by atoms with E-state index in [0.717, 1.165) is 22.4 Å². The first-order valence-electron chi connectivity index (χ1n) is 9.67. The number of aryl methyl sites for hydroxylation is 1. The van der Waals surface area contributed by atoms with Crippen LogP contribution in [0, 0.1) is 6.92 Å². The SMILES string of the molecule is Cc1ccc(NC(=O)c2cccc(C(F)(F)F)c2)cc1NC(=O)c1ccc2nc(N)sc2c1. The van der Waals surface area contributed by atoms with Gasteiger partial charge in [-0.05, 0) is 61.0 Å². The van der Waals surface area contributed by atoms with Crippen LogP contribution in [0.5, 0.6) is 0 Å². The molecule has 0 radical (unpaired) electrons. The van der Waals surface area contributed by atoms with Gasteiger partial charge in [0.2, 0.25) is 0 Å². The number of carbonyl (C=O) groups excluding carboxylic acids is 2. The van der Waals surface area contributed by atoms with Crippen LogP contribution < -0.4 is 16.4 Å². The van der Waals surface area contributed by atoms with E-state index < -0.39 is 17.6 Å². The monoisotopic (exact) mass is 470 g/mol. The molecule has 3 aromatic carbocycles. The quantitative estimate of drug-likeness (QED) is 0.356. The lowest BCUT2D eigenvalue weighted by molar-refractivity contribution is -0.137. The van der Waals surface area contributed by atoms with Crippen LogP contribution in [0.1, 0.15) is 31.8 Å². The van der Waals surface area contributed by atoms with Gasteiger partial charge >= 0.3 is 6.18 Å². The Labute approximate surface area is 190 Å². The van der Waals surface area contributed by atoms with Gasteiger partial charge in [-0.1, -0.05) is 23.5 Å². The Morgan fingerprint density at radius 1 is 0.939 bits per heavy atom. The second-order valence-electron chi connectivity index (χ2n) is 7.25. The maximum absolute atomic E-state index is 12.9. The number of anilines is 3. The molecule has 0 saturated heterocycles. The zero-order valence-electron chi connectivity index (χ0n) is 17.2. The van der Waals surface area contributed by atoms with Gasteiger partial charge in [0, 0.05) is 22.5 Å². The average Bonchev–Trinajstić information content (AvgIpc) is 3.14. The number of alkyl halides is 3. The first-order valence-corrected chi connectivity index (χ1v) is 10.5. The normalized spacial score (nSPS) is 11.4. The van der Waals surface area contributed by atoms with E-state index in [1.165, 1.54) is 23.5 Å². The molecule has 4 N–H and O–H groups in total. The second kappa shape index (κ2) is 8.55. The number of fused-ring (bicyclic) bond motifs is 1. The standard InChI is InChI=1S/C23H17F3N4O2S/c1-12-5-7-16(28-20(31)13-3-2-4-15(9-13)23(24,25)26)11-18(12)29-21(32)14-6-8-17-19(10-14)33-22(27)30-17/h2-11H,1H3,(H2,27,30)(H,28,31)(H,29,32). The Bertz CT molecular complexity index is 1380. The maximum atomic E-state index is 12.9. The summed E-state index contributed by atoms with van der Waals surface area (Å²) in [6.07, 6.45) is -4.55. The summed E-state index contributed by atoms with van der Waals surface area (Å²) in [5, 5.41) is 5.77. The van der Waals surface area contributed by atoms with Crippen molar-refractivity contribution in [1.82, 2.24) is 4.98 Å². The van der Waals surface area contributed by atoms with E-state index >= 15 is 0 Å². The number of halogens is 3. The molecule has 0 atom stereocenters. The van der Waals surface area contributed by atoms with Gasteiger partial charge in [0.1, 0.15) is 0 Å². The molecule has 0 fully saturated rings. The summed E-state index contributed by atoms with van der Waals surface area (Å²) in [5.41, 5.74) is 7.28. The van der Waals surface area contributed by atoms with Crippen LogP contribution in [0.4, 0.5) is 29.7 Å². The molecule has 0 spiro atoms. The van der Waals surface area contributed by atoms with Gasteiger partial charge in [-0.2, -0.15) is 13.2 Å². The number of carbonyl (C=O) groups is 2. The highest BCUT2D eigenvalue weighted by atomic mass is 32.1. The van der Waals surface area contributed by atoms with Crippen molar-refractivity contribution in [3.8, 4) is 0 Å². The number of hydrogen-bond acceptors (Lipinski definition) is 5. The first kappa shape index (κ1) is 22.3. The summed E-state index contributed by atoms with van der Waals surface area (Å²) in [4.78, 5) is 29.4. The summed E-state index contributed by atoms with van der Waals surface area (Å²) in [5.74, 6) is -1.07. The molecule has 0 saturated carbocycles. The molecule has 4 rings (SSSR count). The molecule has 1 heterocycles. The number of nitrogen functional groups attached to an aromatic ring is 1. The molecular weight excluding hydrogens is 453 g/mol. The predicted molar refractivity (Wildman–Crippen MR) is 123 cm³/mol. The lowest BCUT2D eigenvalue weighted by atomic mass is 10.1. The third-order valence-corrected chi connectivity index (χ3v) is 5.71. The van der Waals surface area contributed by atoms with Crippen LogP contribution in [0.3, 0.4) is 0 Å². The summed E-state index contributed by atoms with van der Waals surface area (Å²) in [6, 6.07) is 14.0. The molecule has 0 aliphatic rings. The Hall–Kier alpha value is -3.92. The van der Waals surface area contributed by atoms with Crippen LogP contribution in [-0.4, -0.2) is 16.8 Å². The molecule has 1 aromatic heterocycles. The molecule has 0 aliphatic heterocycles. The van der Waals surface area contributed by atoms with Crippen LogP contribution in [0.25, 0.3) is 10.2 Å². The number of aromatic nitrogens is 1. The largest absolute Gasteiger partial charge is 0.416 e. The molecule has 0 unspecified atom stereocenters. The highest BCUT2D eigenvalue weighted by Gasteiger charge is 2.30. The minimum absolute atomic E-state index is 0.131. The zero-order chi connectivity index (χ0) is 23.8. The highest BCUT2D eigenvalue weighted by molar-refractivity contribution is 7.22. The Balaban J connectivity index is 1.52. The summed E-state index contributed by atoms with van der Waals surface area (Å²) >= 11 is 1.27. The molecule has 10 heteroatoms. The van der Waals surface area contributed by atoms with Crippen molar-refractivity contribution in [2.24, 2.45) is 0 Å². The molecule has 4 aromatic rings. The van der Waals surface area contributed by atoms with Gasteiger partial charge in [0.15, 0.2) is 5.13 Å². The van der Waals surface area contributed by atoms with Crippen molar-refractivity contribution in [2.45, 2.75) is 13.1 Å². The lowest BCUT2D eigenvalue weighted by Crippen LogP contribution is -2.15. The average molecular weight is 470 g/mol. The van der Waals surface area contributed by atoms with Gasteiger partial charge in [0.05, 0.1) is 15.8 Å². The Kier molecular flexibility index (Phi) is 5.77. The number of nitrogens with two attached hydrogens (primary N) is 1. The molecule has 168 valence electrons. The van der Waals surface area contributed by atoms with Crippen LogP contribution in [-0.2, 0) is 6.18 Å². The topological polar surface area (TPSA) is 97.1 Å². The number of rotatable bonds is 4. The summed E-state index contributed by atoms with van der Waals surface area (Å²) < 4.78 is 39.5. The van der Waals surface area contributed by atoms with Gasteiger partial charge in [-0.25, -0.2) is 4.98 Å². The number of nitrogens with zero attached hydrogens (tertiary/aromatic N) is 1. The number of benzene rings is 3. The fourth-order valence-corrected chi connectivity index (χ4v) is 3.93. The molecule has 6 nitrogen and oxygen atoms in total. The third kappa shape index (κ3) is 4.96. The van der Waals surface area contributed by atoms with Crippen molar-refractivity contribution in [1.29, 1.82) is 0 Å². The first-order chi connectivity index (χ1) is 15.6. The van der Waals surface area contributed by atoms with Crippen molar-refractivity contribution in [3.05, 3.63) is 82.9 Å². The minimum Gasteiger partial charge on any atom is -0.375 e. The van der Waals surface area contributed by atoms with Crippen molar-refractivity contribution < 1.29 is 22.8 Å². The second-order valence-corrected chi connectivity index (χ2v) is 8.31. The van der Waals surface area contributed by atoms with Crippen molar-refractivity contribution in [3.63, 3.8) is 0 Å². The van der Waals surface area contributed by atoms with Crippen LogP contribution in [0.15, 0.2) is 60.7 Å². The highest BCUT2D eigenvalue weighted by Crippen LogP contribution is 2.30. The smallest absolute Gasteiger partial charge is 0.375 e. The van der Waals surface area contributed by atoms with E-state index in [4.69, 9.17) is 5.73 Å². The van der Waals surface area contributed by atoms with Gasteiger partial charge in [-0.3, -0.25) is 9.59 Å². The summed E-state index contributed by atoms with van der Waals surface area (Å²) in [7, 11) is 0. The van der Waals surface area contributed by atoms with Gasteiger partial charge < -0.3 is 16.4 Å². The number of thiazole rings is 1. The van der Waals surface area contributed by atoms with E-state index in [1.54, 1.807) is 43.3 Å². The van der Waals surface area contributed by atoms with Crippen LogP contribution in [0.2, 0.25) is 0 Å². The van der Waals surface area contributed by atoms with E-state index in [-0.39, 0.29) is 11.5 Å². The van der Waals surface area contributed by atoms with Gasteiger partial charge in [-0.15, -0.1) is 0 Å². The molecule has 0 bridgehead atoms. The van der Waals surface area contributed by atoms with Crippen LogP contribution >= 0.6 is 11.3 Å². The number of amides is 2. The maximum Gasteiger partial charge on any atom is 0.416 e. The Morgan fingerprint density at radius 2 is 1.67 bits per heavy atom. The van der Waals surface area contributed by atoms with Crippen molar-refractivity contribution >= 4 is 49.9 Å².